The van der Waals surface area contributed by atoms with Crippen LogP contribution in [-0.2, 0) is 20.7 Å². The number of aryl methyl sites for hydroxylation is 1. The molecular weight excluding hydrogens is 268 g/mol. The number of benzene rings is 1. The molecule has 0 aromatic heterocycles. The highest BCUT2D eigenvalue weighted by atomic mass is 16.5. The third-order valence-electron chi connectivity index (χ3n) is 3.38. The van der Waals surface area contributed by atoms with Crippen molar-refractivity contribution >= 4 is 17.6 Å². The first-order valence-corrected chi connectivity index (χ1v) is 7.26. The first-order valence-electron chi connectivity index (χ1n) is 7.26. The Kier molecular flexibility index (Phi) is 5.09. The lowest BCUT2D eigenvalue weighted by Crippen LogP contribution is -2.36. The van der Waals surface area contributed by atoms with E-state index in [9.17, 15) is 9.59 Å². The van der Waals surface area contributed by atoms with Crippen molar-refractivity contribution in [3.63, 3.8) is 0 Å². The zero-order chi connectivity index (χ0) is 15.2. The van der Waals surface area contributed by atoms with E-state index in [0.29, 0.717) is 19.4 Å². The third-order valence-corrected chi connectivity index (χ3v) is 3.38. The van der Waals surface area contributed by atoms with Gasteiger partial charge in [0.2, 0.25) is 5.91 Å². The molecule has 2 rings (SSSR count). The summed E-state index contributed by atoms with van der Waals surface area (Å²) in [6.45, 7) is 4.02. The van der Waals surface area contributed by atoms with Gasteiger partial charge in [0.25, 0.3) is 0 Å². The predicted molar refractivity (Wildman–Crippen MR) is 79.9 cm³/mol. The fourth-order valence-electron chi connectivity index (χ4n) is 2.19. The summed E-state index contributed by atoms with van der Waals surface area (Å²) >= 11 is 0. The van der Waals surface area contributed by atoms with Gasteiger partial charge in [-0.25, -0.2) is 5.01 Å². The topological polar surface area (TPSA) is 59.0 Å². The molecule has 0 saturated carbocycles. The van der Waals surface area contributed by atoms with Crippen LogP contribution in [0.1, 0.15) is 37.8 Å². The van der Waals surface area contributed by atoms with Crippen LogP contribution in [0.15, 0.2) is 29.4 Å². The summed E-state index contributed by atoms with van der Waals surface area (Å²) in [5, 5.41) is 5.52. The minimum atomic E-state index is -0.433. The third kappa shape index (κ3) is 3.90. The van der Waals surface area contributed by atoms with E-state index in [2.05, 4.69) is 24.2 Å². The van der Waals surface area contributed by atoms with Gasteiger partial charge in [0.1, 0.15) is 6.54 Å². The smallest absolute Gasteiger partial charge is 0.327 e. The van der Waals surface area contributed by atoms with Crippen molar-refractivity contribution in [2.24, 2.45) is 5.10 Å². The molecule has 0 spiro atoms. The lowest BCUT2D eigenvalue weighted by molar-refractivity contribution is -0.149. The van der Waals surface area contributed by atoms with E-state index in [1.54, 1.807) is 6.92 Å². The molecule has 1 aliphatic heterocycles. The Morgan fingerprint density at radius 2 is 1.95 bits per heavy atom. The highest BCUT2D eigenvalue weighted by Gasteiger charge is 2.23. The monoisotopic (exact) mass is 288 g/mol. The summed E-state index contributed by atoms with van der Waals surface area (Å²) in [6.07, 6.45) is 1.96. The first kappa shape index (κ1) is 15.2. The molecule has 0 atom stereocenters. The maximum Gasteiger partial charge on any atom is 0.327 e. The molecule has 1 amide bonds. The number of esters is 1. The average molecular weight is 288 g/mol. The maximum absolute atomic E-state index is 11.8. The number of amides is 1. The van der Waals surface area contributed by atoms with E-state index in [1.807, 2.05) is 12.1 Å². The Hall–Kier alpha value is -2.17. The average Bonchev–Trinajstić information content (AvgIpc) is 2.50. The predicted octanol–water partition coefficient (Wildman–Crippen LogP) is 2.14. The van der Waals surface area contributed by atoms with E-state index in [-0.39, 0.29) is 12.5 Å². The molecule has 0 radical (unpaired) electrons. The molecule has 1 heterocycles. The first-order chi connectivity index (χ1) is 10.1. The van der Waals surface area contributed by atoms with E-state index in [4.69, 9.17) is 4.74 Å². The van der Waals surface area contributed by atoms with Crippen LogP contribution in [0.2, 0.25) is 0 Å². The molecule has 0 unspecified atom stereocenters. The maximum atomic E-state index is 11.8. The lowest BCUT2D eigenvalue weighted by Gasteiger charge is -2.22. The van der Waals surface area contributed by atoms with Gasteiger partial charge in [-0.05, 0) is 24.5 Å². The molecule has 0 saturated heterocycles. The van der Waals surface area contributed by atoms with Gasteiger partial charge < -0.3 is 4.74 Å². The van der Waals surface area contributed by atoms with Crippen molar-refractivity contribution in [1.82, 2.24) is 5.01 Å². The Bertz CT molecular complexity index is 549. The van der Waals surface area contributed by atoms with Crippen LogP contribution in [0.5, 0.6) is 0 Å². The van der Waals surface area contributed by atoms with Gasteiger partial charge >= 0.3 is 5.97 Å². The van der Waals surface area contributed by atoms with Gasteiger partial charge in [0, 0.05) is 12.8 Å². The number of hydrogen-bond acceptors (Lipinski definition) is 4. The van der Waals surface area contributed by atoms with Gasteiger partial charge in [0.15, 0.2) is 0 Å². The molecule has 0 fully saturated rings. The number of hydrogen-bond donors (Lipinski definition) is 0. The molecule has 112 valence electrons. The van der Waals surface area contributed by atoms with Crippen molar-refractivity contribution < 1.29 is 14.3 Å². The summed E-state index contributed by atoms with van der Waals surface area (Å²) in [7, 11) is 0. The molecule has 5 heteroatoms. The number of rotatable bonds is 5. The number of carbonyl (C=O) groups excluding carboxylic acids is 2. The summed E-state index contributed by atoms with van der Waals surface area (Å²) in [5.74, 6) is -0.575. The van der Waals surface area contributed by atoms with E-state index in [0.717, 1.165) is 17.7 Å². The van der Waals surface area contributed by atoms with Gasteiger partial charge in [-0.3, -0.25) is 9.59 Å². The van der Waals surface area contributed by atoms with Crippen LogP contribution in [0.25, 0.3) is 0 Å². The molecule has 21 heavy (non-hydrogen) atoms. The van der Waals surface area contributed by atoms with Crippen LogP contribution in [0.4, 0.5) is 0 Å². The van der Waals surface area contributed by atoms with Gasteiger partial charge in [0.05, 0.1) is 12.3 Å². The summed E-state index contributed by atoms with van der Waals surface area (Å²) in [4.78, 5) is 23.3. The SMILES string of the molecule is CCOC(=O)CN1N=C(c2ccc(CC)cc2)CCC1=O. The number of ether oxygens (including phenoxy) is 1. The molecule has 1 aromatic carbocycles. The van der Waals surface area contributed by atoms with Crippen molar-refractivity contribution in [3.05, 3.63) is 35.4 Å². The van der Waals surface area contributed by atoms with Crippen molar-refractivity contribution in [2.75, 3.05) is 13.2 Å². The molecule has 5 nitrogen and oxygen atoms in total. The van der Waals surface area contributed by atoms with Crippen molar-refractivity contribution in [1.29, 1.82) is 0 Å². The number of nitrogens with zero attached hydrogens (tertiary/aromatic N) is 2. The normalized spacial score (nSPS) is 14.9. The van der Waals surface area contributed by atoms with E-state index < -0.39 is 5.97 Å². The van der Waals surface area contributed by atoms with Gasteiger partial charge in [-0.15, -0.1) is 0 Å². The summed E-state index contributed by atoms with van der Waals surface area (Å²) in [5.41, 5.74) is 3.09. The highest BCUT2D eigenvalue weighted by molar-refractivity contribution is 6.04. The molecule has 0 aliphatic carbocycles. The molecule has 1 aliphatic rings. The lowest BCUT2D eigenvalue weighted by atomic mass is 10.0. The molecule has 1 aromatic rings. The van der Waals surface area contributed by atoms with Gasteiger partial charge in [-0.2, -0.15) is 5.10 Å². The fraction of sp³-hybridized carbons (Fsp3) is 0.438. The quantitative estimate of drug-likeness (QED) is 0.780. The van der Waals surface area contributed by atoms with Crippen LogP contribution < -0.4 is 0 Å². The summed E-state index contributed by atoms with van der Waals surface area (Å²) in [6, 6.07) is 8.14. The largest absolute Gasteiger partial charge is 0.465 e. The Balaban J connectivity index is 2.14. The van der Waals surface area contributed by atoms with Crippen LogP contribution >= 0.6 is 0 Å². The second kappa shape index (κ2) is 7.02. The Morgan fingerprint density at radius 1 is 1.24 bits per heavy atom. The Morgan fingerprint density at radius 3 is 2.57 bits per heavy atom. The van der Waals surface area contributed by atoms with Gasteiger partial charge in [-0.1, -0.05) is 31.2 Å². The van der Waals surface area contributed by atoms with Crippen molar-refractivity contribution in [3.8, 4) is 0 Å². The Labute approximate surface area is 124 Å². The zero-order valence-corrected chi connectivity index (χ0v) is 12.5. The van der Waals surface area contributed by atoms with Crippen LogP contribution in [-0.4, -0.2) is 35.7 Å². The highest BCUT2D eigenvalue weighted by Crippen LogP contribution is 2.16. The molecule has 0 bridgehead atoms. The minimum Gasteiger partial charge on any atom is -0.465 e. The van der Waals surface area contributed by atoms with Crippen LogP contribution in [0.3, 0.4) is 0 Å². The number of hydrazone groups is 1. The molecular formula is C16H20N2O3. The van der Waals surface area contributed by atoms with E-state index >= 15 is 0 Å². The van der Waals surface area contributed by atoms with Crippen LogP contribution in [0, 0.1) is 0 Å². The number of carbonyl (C=O) groups is 2. The van der Waals surface area contributed by atoms with Crippen molar-refractivity contribution in [2.45, 2.75) is 33.1 Å². The standard InChI is InChI=1S/C16H20N2O3/c1-3-12-5-7-13(8-6-12)14-9-10-15(19)18(17-14)11-16(20)21-4-2/h5-8H,3-4,9-11H2,1-2H3. The minimum absolute atomic E-state index is 0.122. The van der Waals surface area contributed by atoms with E-state index in [1.165, 1.54) is 10.6 Å². The zero-order valence-electron chi connectivity index (χ0n) is 12.5. The fourth-order valence-corrected chi connectivity index (χ4v) is 2.19. The molecule has 0 N–H and O–H groups in total. The summed E-state index contributed by atoms with van der Waals surface area (Å²) < 4.78 is 4.86. The second-order valence-corrected chi connectivity index (χ2v) is 4.85. The second-order valence-electron chi connectivity index (χ2n) is 4.85.